The van der Waals surface area contributed by atoms with Crippen LogP contribution in [0.3, 0.4) is 0 Å². The first-order valence-electron chi connectivity index (χ1n) is 5.79. The van der Waals surface area contributed by atoms with E-state index < -0.39 is 0 Å². The lowest BCUT2D eigenvalue weighted by Crippen LogP contribution is -2.08. The first kappa shape index (κ1) is 12.1. The van der Waals surface area contributed by atoms with Crippen molar-refractivity contribution >= 4 is 5.82 Å². The van der Waals surface area contributed by atoms with Crippen LogP contribution < -0.4 is 5.32 Å². The molecule has 0 aliphatic carbocycles. The first-order chi connectivity index (χ1) is 8.79. The molecule has 1 N–H and O–H groups in total. The molecule has 0 aliphatic rings. The van der Waals surface area contributed by atoms with Gasteiger partial charge < -0.3 is 5.32 Å². The van der Waals surface area contributed by atoms with Gasteiger partial charge in [-0.25, -0.2) is 9.97 Å². The number of rotatable bonds is 4. The highest BCUT2D eigenvalue weighted by molar-refractivity contribution is 5.49. The molecule has 0 unspecified atom stereocenters. The van der Waals surface area contributed by atoms with Crippen LogP contribution in [0.1, 0.15) is 16.7 Å². The van der Waals surface area contributed by atoms with Gasteiger partial charge in [0.2, 0.25) is 0 Å². The molecule has 4 heteroatoms. The topological polar surface area (TPSA) is 61.6 Å². The number of benzene rings is 1. The van der Waals surface area contributed by atoms with Gasteiger partial charge in [-0.15, -0.1) is 0 Å². The fourth-order valence-corrected chi connectivity index (χ4v) is 1.75. The molecule has 0 radical (unpaired) electrons. The number of nitrogens with one attached hydrogen (secondary N) is 1. The number of hydrogen-bond donors (Lipinski definition) is 1. The van der Waals surface area contributed by atoms with Gasteiger partial charge in [-0.3, -0.25) is 0 Å². The highest BCUT2D eigenvalue weighted by Crippen LogP contribution is 2.09. The molecule has 4 nitrogen and oxygen atoms in total. The van der Waals surface area contributed by atoms with Crippen molar-refractivity contribution in [1.29, 1.82) is 5.26 Å². The Hall–Kier alpha value is -2.41. The van der Waals surface area contributed by atoms with Gasteiger partial charge >= 0.3 is 0 Å². The second-order valence-corrected chi connectivity index (χ2v) is 4.06. The van der Waals surface area contributed by atoms with Gasteiger partial charge in [0.25, 0.3) is 0 Å². The molecule has 0 amide bonds. The zero-order chi connectivity index (χ0) is 12.8. The van der Waals surface area contributed by atoms with Crippen molar-refractivity contribution in [3.05, 3.63) is 53.5 Å². The predicted molar refractivity (Wildman–Crippen MR) is 70.1 cm³/mol. The van der Waals surface area contributed by atoms with Crippen LogP contribution in [0.5, 0.6) is 0 Å². The van der Waals surface area contributed by atoms with E-state index in [1.54, 1.807) is 0 Å². The van der Waals surface area contributed by atoms with Gasteiger partial charge in [0, 0.05) is 6.54 Å². The summed E-state index contributed by atoms with van der Waals surface area (Å²) in [6, 6.07) is 10.5. The van der Waals surface area contributed by atoms with Gasteiger partial charge in [-0.1, -0.05) is 29.8 Å². The molecule has 1 aromatic heterocycles. The first-order valence-corrected chi connectivity index (χ1v) is 5.79. The average molecular weight is 238 g/mol. The van der Waals surface area contributed by atoms with Gasteiger partial charge in [-0.2, -0.15) is 5.26 Å². The van der Waals surface area contributed by atoms with Crippen LogP contribution >= 0.6 is 0 Å². The molecule has 1 heterocycles. The summed E-state index contributed by atoms with van der Waals surface area (Å²) in [5.74, 6) is 0.597. The molecule has 0 atom stereocenters. The monoisotopic (exact) mass is 238 g/mol. The minimum absolute atomic E-state index is 0.474. The van der Waals surface area contributed by atoms with Crippen LogP contribution in [0.2, 0.25) is 0 Å². The van der Waals surface area contributed by atoms with E-state index in [4.69, 9.17) is 5.26 Å². The predicted octanol–water partition coefficient (Wildman–Crippen LogP) is 2.31. The highest BCUT2D eigenvalue weighted by Gasteiger charge is 2.02. The smallest absolute Gasteiger partial charge is 0.147 e. The minimum atomic E-state index is 0.474. The lowest BCUT2D eigenvalue weighted by atomic mass is 10.1. The van der Waals surface area contributed by atoms with Crippen LogP contribution in [0.15, 0.2) is 36.8 Å². The van der Waals surface area contributed by atoms with E-state index in [9.17, 15) is 0 Å². The van der Waals surface area contributed by atoms with Crippen molar-refractivity contribution in [2.45, 2.75) is 13.3 Å². The number of nitriles is 1. The number of anilines is 1. The SMILES string of the molecule is Cc1cccc(CCNc2ncncc2C#N)c1. The van der Waals surface area contributed by atoms with Crippen LogP contribution in [-0.4, -0.2) is 16.5 Å². The molecule has 2 aromatic rings. The standard InChI is InChI=1S/C14H14N4/c1-11-3-2-4-12(7-11)5-6-17-14-13(8-15)9-16-10-18-14/h2-4,7,9-10H,5-6H2,1H3,(H,16,17,18). The maximum Gasteiger partial charge on any atom is 0.147 e. The van der Waals surface area contributed by atoms with Gasteiger partial charge in [0.15, 0.2) is 0 Å². The minimum Gasteiger partial charge on any atom is -0.369 e. The van der Waals surface area contributed by atoms with Crippen molar-refractivity contribution in [3.63, 3.8) is 0 Å². The van der Waals surface area contributed by atoms with E-state index in [1.807, 2.05) is 0 Å². The maximum absolute atomic E-state index is 8.90. The Bertz CT molecular complexity index is 572. The lowest BCUT2D eigenvalue weighted by Gasteiger charge is -2.06. The molecule has 0 aliphatic heterocycles. The van der Waals surface area contributed by atoms with E-state index in [2.05, 4.69) is 52.5 Å². The van der Waals surface area contributed by atoms with E-state index in [-0.39, 0.29) is 0 Å². The van der Waals surface area contributed by atoms with E-state index in [0.717, 1.165) is 13.0 Å². The van der Waals surface area contributed by atoms with Gasteiger partial charge in [0.05, 0.1) is 6.20 Å². The van der Waals surface area contributed by atoms with Crippen LogP contribution in [0.4, 0.5) is 5.82 Å². The van der Waals surface area contributed by atoms with E-state index in [1.165, 1.54) is 23.7 Å². The zero-order valence-electron chi connectivity index (χ0n) is 10.2. The fraction of sp³-hybridized carbons (Fsp3) is 0.214. The molecular weight excluding hydrogens is 224 g/mol. The van der Waals surface area contributed by atoms with Crippen molar-refractivity contribution in [1.82, 2.24) is 9.97 Å². The Morgan fingerprint density at radius 3 is 3.06 bits per heavy atom. The van der Waals surface area contributed by atoms with E-state index in [0.29, 0.717) is 11.4 Å². The second kappa shape index (κ2) is 5.78. The molecule has 0 saturated heterocycles. The molecule has 0 fully saturated rings. The quantitative estimate of drug-likeness (QED) is 0.887. The summed E-state index contributed by atoms with van der Waals surface area (Å²) in [5, 5.41) is 12.1. The van der Waals surface area contributed by atoms with Crippen LogP contribution in [0.25, 0.3) is 0 Å². The number of aromatic nitrogens is 2. The Kier molecular flexibility index (Phi) is 3.87. The third-order valence-electron chi connectivity index (χ3n) is 2.62. The molecule has 90 valence electrons. The number of hydrogen-bond acceptors (Lipinski definition) is 4. The lowest BCUT2D eigenvalue weighted by molar-refractivity contribution is 0.994. The summed E-state index contributed by atoms with van der Waals surface area (Å²) in [6.07, 6.45) is 3.86. The summed E-state index contributed by atoms with van der Waals surface area (Å²) in [6.45, 7) is 2.82. The third-order valence-corrected chi connectivity index (χ3v) is 2.62. The zero-order valence-corrected chi connectivity index (χ0v) is 10.2. The van der Waals surface area contributed by atoms with Crippen molar-refractivity contribution in [2.75, 3.05) is 11.9 Å². The largest absolute Gasteiger partial charge is 0.369 e. The molecule has 0 saturated carbocycles. The fourth-order valence-electron chi connectivity index (χ4n) is 1.75. The van der Waals surface area contributed by atoms with Crippen molar-refractivity contribution < 1.29 is 0 Å². The summed E-state index contributed by atoms with van der Waals surface area (Å²) in [4.78, 5) is 7.87. The Balaban J connectivity index is 1.95. The van der Waals surface area contributed by atoms with Crippen molar-refractivity contribution in [3.8, 4) is 6.07 Å². The number of nitrogens with zero attached hydrogens (tertiary/aromatic N) is 3. The van der Waals surface area contributed by atoms with E-state index >= 15 is 0 Å². The molecule has 0 spiro atoms. The van der Waals surface area contributed by atoms with Crippen LogP contribution in [-0.2, 0) is 6.42 Å². The second-order valence-electron chi connectivity index (χ2n) is 4.06. The summed E-state index contributed by atoms with van der Waals surface area (Å²) < 4.78 is 0. The summed E-state index contributed by atoms with van der Waals surface area (Å²) >= 11 is 0. The van der Waals surface area contributed by atoms with Gasteiger partial charge in [0.1, 0.15) is 23.8 Å². The molecule has 2 rings (SSSR count). The normalized spacial score (nSPS) is 9.78. The Morgan fingerprint density at radius 1 is 1.39 bits per heavy atom. The summed E-state index contributed by atoms with van der Waals surface area (Å²) in [7, 11) is 0. The molecule has 1 aromatic carbocycles. The van der Waals surface area contributed by atoms with Crippen LogP contribution in [0, 0.1) is 18.3 Å². The third kappa shape index (κ3) is 3.05. The highest BCUT2D eigenvalue weighted by atomic mass is 15.0. The van der Waals surface area contributed by atoms with Crippen molar-refractivity contribution in [2.24, 2.45) is 0 Å². The number of aryl methyl sites for hydroxylation is 1. The Morgan fingerprint density at radius 2 is 2.28 bits per heavy atom. The maximum atomic E-state index is 8.90. The summed E-state index contributed by atoms with van der Waals surface area (Å²) in [5.41, 5.74) is 3.00. The molecular formula is C14H14N4. The molecule has 0 bridgehead atoms. The Labute approximate surface area is 106 Å². The average Bonchev–Trinajstić information content (AvgIpc) is 2.39. The van der Waals surface area contributed by atoms with Gasteiger partial charge in [-0.05, 0) is 18.9 Å². The molecule has 18 heavy (non-hydrogen) atoms.